The second kappa shape index (κ2) is 2.34. The first kappa shape index (κ1) is 7.35. The van der Waals surface area contributed by atoms with E-state index in [1.54, 1.807) is 0 Å². The van der Waals surface area contributed by atoms with Gasteiger partial charge in [-0.2, -0.15) is 0 Å². The van der Waals surface area contributed by atoms with Gasteiger partial charge in [0.05, 0.1) is 5.60 Å². The van der Waals surface area contributed by atoms with Crippen LogP contribution in [0.1, 0.15) is 26.7 Å². The zero-order valence-electron chi connectivity index (χ0n) is 7.34. The van der Waals surface area contributed by atoms with Crippen LogP contribution in [-0.2, 0) is 4.74 Å². The molecule has 2 bridgehead atoms. The third kappa shape index (κ3) is 1.02. The summed E-state index contributed by atoms with van der Waals surface area (Å²) in [5, 5.41) is 0. The Balaban J connectivity index is 2.11. The molecule has 1 heteroatoms. The molecule has 2 rings (SSSR count). The van der Waals surface area contributed by atoms with Crippen LogP contribution < -0.4 is 0 Å². The maximum atomic E-state index is 5.77. The normalized spacial score (nSPS) is 47.1. The molecule has 0 heterocycles. The van der Waals surface area contributed by atoms with Crippen molar-refractivity contribution in [2.24, 2.45) is 11.8 Å². The van der Waals surface area contributed by atoms with Crippen molar-refractivity contribution < 1.29 is 4.74 Å². The molecule has 11 heavy (non-hydrogen) atoms. The Bertz CT molecular complexity index is 185. The zero-order valence-corrected chi connectivity index (χ0v) is 7.34. The minimum Gasteiger partial charge on any atom is -0.375 e. The molecule has 0 aromatic rings. The molecule has 1 fully saturated rings. The van der Waals surface area contributed by atoms with Gasteiger partial charge in [0.1, 0.15) is 0 Å². The lowest BCUT2D eigenvalue weighted by Gasteiger charge is -2.31. The number of rotatable bonds is 2. The van der Waals surface area contributed by atoms with Crippen molar-refractivity contribution in [3.05, 3.63) is 12.2 Å². The summed E-state index contributed by atoms with van der Waals surface area (Å²) in [6.07, 6.45) is 7.26. The van der Waals surface area contributed by atoms with Crippen LogP contribution in [0.2, 0.25) is 0 Å². The number of ether oxygens (including phenoxy) is 1. The van der Waals surface area contributed by atoms with E-state index in [9.17, 15) is 0 Å². The van der Waals surface area contributed by atoms with Gasteiger partial charge in [-0.15, -0.1) is 0 Å². The molecule has 0 saturated heterocycles. The van der Waals surface area contributed by atoms with Crippen LogP contribution in [0.25, 0.3) is 0 Å². The highest BCUT2D eigenvalue weighted by Crippen LogP contribution is 2.47. The molecule has 0 amide bonds. The van der Waals surface area contributed by atoms with Gasteiger partial charge in [0.2, 0.25) is 0 Å². The summed E-state index contributed by atoms with van der Waals surface area (Å²) >= 11 is 0. The lowest BCUT2D eigenvalue weighted by molar-refractivity contribution is -0.0434. The fraction of sp³-hybridized carbons (Fsp3) is 0.800. The van der Waals surface area contributed by atoms with Crippen molar-refractivity contribution in [1.82, 2.24) is 0 Å². The van der Waals surface area contributed by atoms with Gasteiger partial charge < -0.3 is 4.74 Å². The topological polar surface area (TPSA) is 9.23 Å². The van der Waals surface area contributed by atoms with E-state index in [0.717, 1.165) is 12.5 Å². The van der Waals surface area contributed by atoms with Gasteiger partial charge in [0.25, 0.3) is 0 Å². The predicted molar refractivity (Wildman–Crippen MR) is 45.4 cm³/mol. The fourth-order valence-corrected chi connectivity index (χ4v) is 2.55. The van der Waals surface area contributed by atoms with Crippen molar-refractivity contribution in [3.8, 4) is 0 Å². The second-order valence-corrected chi connectivity index (χ2v) is 3.94. The van der Waals surface area contributed by atoms with Crippen LogP contribution in [0.3, 0.4) is 0 Å². The van der Waals surface area contributed by atoms with E-state index in [-0.39, 0.29) is 5.60 Å². The first-order valence-corrected chi connectivity index (χ1v) is 4.57. The van der Waals surface area contributed by atoms with Crippen molar-refractivity contribution in [2.45, 2.75) is 32.3 Å². The maximum Gasteiger partial charge on any atom is 0.0722 e. The van der Waals surface area contributed by atoms with Crippen molar-refractivity contribution >= 4 is 0 Å². The fourth-order valence-electron chi connectivity index (χ4n) is 2.55. The van der Waals surface area contributed by atoms with Crippen molar-refractivity contribution in [3.63, 3.8) is 0 Å². The number of hydrogen-bond donors (Lipinski definition) is 0. The minimum atomic E-state index is 0.175. The highest BCUT2D eigenvalue weighted by Gasteiger charge is 2.45. The maximum absolute atomic E-state index is 5.77. The summed E-state index contributed by atoms with van der Waals surface area (Å²) in [6.45, 7) is 5.19. The Labute approximate surface area is 68.4 Å². The summed E-state index contributed by atoms with van der Waals surface area (Å²) in [4.78, 5) is 0. The van der Waals surface area contributed by atoms with Crippen LogP contribution >= 0.6 is 0 Å². The van der Waals surface area contributed by atoms with E-state index in [2.05, 4.69) is 26.0 Å². The molecule has 3 unspecified atom stereocenters. The van der Waals surface area contributed by atoms with Crippen LogP contribution in [0.4, 0.5) is 0 Å². The van der Waals surface area contributed by atoms with E-state index >= 15 is 0 Å². The van der Waals surface area contributed by atoms with Gasteiger partial charge in [0, 0.05) is 12.5 Å². The zero-order chi connectivity index (χ0) is 7.90. The molecule has 1 saturated carbocycles. The molecule has 0 radical (unpaired) electrons. The summed E-state index contributed by atoms with van der Waals surface area (Å²) in [5.41, 5.74) is 0.175. The molecular formula is C10H16O. The van der Waals surface area contributed by atoms with Crippen LogP contribution in [-0.4, -0.2) is 12.2 Å². The number of fused-ring (bicyclic) bond motifs is 2. The summed E-state index contributed by atoms with van der Waals surface area (Å²) in [5.74, 6) is 1.52. The first-order chi connectivity index (χ1) is 5.24. The van der Waals surface area contributed by atoms with E-state index in [1.165, 1.54) is 12.8 Å². The SMILES string of the molecule is CCOC1(C)CC2C=CC1C2. The highest BCUT2D eigenvalue weighted by molar-refractivity contribution is 5.15. The van der Waals surface area contributed by atoms with Crippen molar-refractivity contribution in [2.75, 3.05) is 6.61 Å². The predicted octanol–water partition coefficient (Wildman–Crippen LogP) is 2.38. The quantitative estimate of drug-likeness (QED) is 0.552. The highest BCUT2D eigenvalue weighted by atomic mass is 16.5. The Kier molecular flexibility index (Phi) is 1.57. The first-order valence-electron chi connectivity index (χ1n) is 4.57. The smallest absolute Gasteiger partial charge is 0.0722 e. The molecule has 1 nitrogen and oxygen atoms in total. The molecule has 0 N–H and O–H groups in total. The van der Waals surface area contributed by atoms with Crippen LogP contribution in [0.5, 0.6) is 0 Å². The Hall–Kier alpha value is -0.300. The Morgan fingerprint density at radius 1 is 1.55 bits per heavy atom. The third-order valence-corrected chi connectivity index (χ3v) is 3.10. The minimum absolute atomic E-state index is 0.175. The molecule has 2 aliphatic carbocycles. The van der Waals surface area contributed by atoms with E-state index in [4.69, 9.17) is 4.74 Å². The lowest BCUT2D eigenvalue weighted by Crippen LogP contribution is -2.33. The number of hydrogen-bond acceptors (Lipinski definition) is 1. The van der Waals surface area contributed by atoms with Gasteiger partial charge in [-0.1, -0.05) is 12.2 Å². The largest absolute Gasteiger partial charge is 0.375 e. The molecule has 0 aliphatic heterocycles. The molecule has 2 aliphatic rings. The molecular weight excluding hydrogens is 136 g/mol. The monoisotopic (exact) mass is 152 g/mol. The Morgan fingerprint density at radius 3 is 2.82 bits per heavy atom. The van der Waals surface area contributed by atoms with Gasteiger partial charge in [-0.25, -0.2) is 0 Å². The summed E-state index contributed by atoms with van der Waals surface area (Å²) < 4.78 is 5.77. The number of allylic oxidation sites excluding steroid dienone is 1. The van der Waals surface area contributed by atoms with Gasteiger partial charge in [-0.05, 0) is 32.6 Å². The lowest BCUT2D eigenvalue weighted by atomic mass is 9.90. The van der Waals surface area contributed by atoms with E-state index in [0.29, 0.717) is 5.92 Å². The van der Waals surface area contributed by atoms with Gasteiger partial charge >= 0.3 is 0 Å². The standard InChI is InChI=1S/C10H16O/c1-3-11-10(2)7-8-4-5-9(10)6-8/h4-5,8-9H,3,6-7H2,1-2H3. The Morgan fingerprint density at radius 2 is 2.36 bits per heavy atom. The summed E-state index contributed by atoms with van der Waals surface area (Å²) in [7, 11) is 0. The molecule has 0 aromatic heterocycles. The van der Waals surface area contributed by atoms with Gasteiger partial charge in [0.15, 0.2) is 0 Å². The molecule has 0 spiro atoms. The average Bonchev–Trinajstić information content (AvgIpc) is 2.45. The van der Waals surface area contributed by atoms with Gasteiger partial charge in [-0.3, -0.25) is 0 Å². The molecule has 62 valence electrons. The van der Waals surface area contributed by atoms with Crippen molar-refractivity contribution in [1.29, 1.82) is 0 Å². The summed E-state index contributed by atoms with van der Waals surface area (Å²) in [6, 6.07) is 0. The van der Waals surface area contributed by atoms with Crippen LogP contribution in [0, 0.1) is 11.8 Å². The van der Waals surface area contributed by atoms with E-state index in [1.807, 2.05) is 0 Å². The average molecular weight is 152 g/mol. The third-order valence-electron chi connectivity index (χ3n) is 3.10. The van der Waals surface area contributed by atoms with E-state index < -0.39 is 0 Å². The second-order valence-electron chi connectivity index (χ2n) is 3.94. The molecule has 0 aromatic carbocycles. The van der Waals surface area contributed by atoms with Crippen LogP contribution in [0.15, 0.2) is 12.2 Å². The molecule has 3 atom stereocenters.